The zero-order chi connectivity index (χ0) is 33.6. The topological polar surface area (TPSA) is 163 Å². The number of benzene rings is 1. The highest BCUT2D eigenvalue weighted by Crippen LogP contribution is 2.54. The maximum Gasteiger partial charge on any atom is 0.227 e. The second kappa shape index (κ2) is 16.2. The number of hydrogen-bond acceptors (Lipinski definition) is 11. The second-order valence-electron chi connectivity index (χ2n) is 13.4. The van der Waals surface area contributed by atoms with E-state index in [1.54, 1.807) is 29.4 Å². The Labute approximate surface area is 279 Å². The van der Waals surface area contributed by atoms with Crippen LogP contribution in [0.3, 0.4) is 0 Å². The zero-order valence-electron chi connectivity index (χ0n) is 26.6. The zero-order valence-corrected chi connectivity index (χ0v) is 27.4. The van der Waals surface area contributed by atoms with Crippen molar-refractivity contribution >= 4 is 23.5 Å². The van der Waals surface area contributed by atoms with Crippen LogP contribution in [0.15, 0.2) is 30.6 Å². The molecule has 2 aromatic rings. The maximum absolute atomic E-state index is 14.9. The molecule has 14 heteroatoms. The first kappa shape index (κ1) is 35.7. The van der Waals surface area contributed by atoms with Crippen LogP contribution in [0.25, 0.3) is 0 Å². The fraction of sp³-hybridized carbons (Fsp3) is 0.667. The Morgan fingerprint density at radius 2 is 1.66 bits per heavy atom. The van der Waals surface area contributed by atoms with Gasteiger partial charge in [0.1, 0.15) is 29.9 Å². The van der Waals surface area contributed by atoms with Crippen molar-refractivity contribution in [1.29, 1.82) is 0 Å². The van der Waals surface area contributed by atoms with Gasteiger partial charge in [0.2, 0.25) is 11.9 Å². The Balaban J connectivity index is 0.959. The number of nitrogens with zero attached hydrogens (tertiary/aromatic N) is 5. The predicted octanol–water partition coefficient (Wildman–Crippen LogP) is 1.25. The molecule has 0 unspecified atom stereocenters. The fourth-order valence-electron chi connectivity index (χ4n) is 7.14. The van der Waals surface area contributed by atoms with Gasteiger partial charge in [-0.3, -0.25) is 9.69 Å². The molecule has 0 radical (unpaired) electrons. The van der Waals surface area contributed by atoms with E-state index in [0.717, 1.165) is 44.7 Å². The lowest BCUT2D eigenvalue weighted by molar-refractivity contribution is -0.134. The van der Waals surface area contributed by atoms with Crippen LogP contribution in [0.1, 0.15) is 44.1 Å². The molecule has 12 nitrogen and oxygen atoms in total. The molecule has 3 fully saturated rings. The number of piperazine rings is 1. The molecule has 260 valence electrons. The van der Waals surface area contributed by atoms with Crippen molar-refractivity contribution in [2.45, 2.75) is 69.4 Å². The van der Waals surface area contributed by atoms with E-state index in [0.29, 0.717) is 60.5 Å². The number of piperidine rings is 1. The van der Waals surface area contributed by atoms with Gasteiger partial charge in [-0.15, -0.1) is 0 Å². The molecular weight excluding hydrogens is 633 g/mol. The fourth-order valence-corrected chi connectivity index (χ4v) is 7.24. The van der Waals surface area contributed by atoms with Gasteiger partial charge >= 0.3 is 0 Å². The molecule has 47 heavy (non-hydrogen) atoms. The van der Waals surface area contributed by atoms with Gasteiger partial charge < -0.3 is 40.1 Å². The van der Waals surface area contributed by atoms with Crippen LogP contribution in [0.4, 0.5) is 10.3 Å². The molecule has 1 amide bonds. The van der Waals surface area contributed by atoms with Crippen molar-refractivity contribution in [3.63, 3.8) is 0 Å². The van der Waals surface area contributed by atoms with Crippen molar-refractivity contribution in [2.24, 2.45) is 11.3 Å². The number of carbonyl (C=O) groups excluding carboxylic acids is 1. The SMILES string of the molecule is O=C(Cc1ccc(OCCCC2CC3(CCN(c4ncc(Cl)cn4)CC3)C2)cc1F)N1CCN(C[C@H](O)[C@@H](O)[C@H](O)[C@H](O)CO)CC1. The largest absolute Gasteiger partial charge is 0.493 e. The first-order chi connectivity index (χ1) is 22.6. The highest BCUT2D eigenvalue weighted by molar-refractivity contribution is 6.30. The third-order valence-electron chi connectivity index (χ3n) is 10.0. The molecule has 3 aliphatic rings. The van der Waals surface area contributed by atoms with Crippen LogP contribution < -0.4 is 9.64 Å². The summed E-state index contributed by atoms with van der Waals surface area (Å²) >= 11 is 5.91. The van der Waals surface area contributed by atoms with E-state index in [2.05, 4.69) is 14.9 Å². The molecule has 1 spiro atoms. The molecule has 2 aliphatic heterocycles. The lowest BCUT2D eigenvalue weighted by Crippen LogP contribution is -2.54. The number of hydrogen-bond donors (Lipinski definition) is 5. The molecule has 4 atom stereocenters. The smallest absolute Gasteiger partial charge is 0.227 e. The van der Waals surface area contributed by atoms with Gasteiger partial charge in [-0.25, -0.2) is 14.4 Å². The highest BCUT2D eigenvalue weighted by Gasteiger charge is 2.45. The quantitative estimate of drug-likeness (QED) is 0.183. The number of rotatable bonds is 14. The Morgan fingerprint density at radius 3 is 2.30 bits per heavy atom. The van der Waals surface area contributed by atoms with Gasteiger partial charge in [-0.1, -0.05) is 17.7 Å². The molecule has 1 aromatic heterocycles. The molecule has 1 aliphatic carbocycles. The summed E-state index contributed by atoms with van der Waals surface area (Å²) in [5, 5.41) is 49.0. The number of halogens is 2. The van der Waals surface area contributed by atoms with Gasteiger partial charge in [-0.05, 0) is 61.5 Å². The van der Waals surface area contributed by atoms with Crippen LogP contribution in [0, 0.1) is 17.2 Å². The van der Waals surface area contributed by atoms with E-state index >= 15 is 0 Å². The molecule has 1 saturated carbocycles. The summed E-state index contributed by atoms with van der Waals surface area (Å²) < 4.78 is 20.7. The Kier molecular flexibility index (Phi) is 12.3. The molecule has 3 heterocycles. The van der Waals surface area contributed by atoms with Gasteiger partial charge in [0.25, 0.3) is 0 Å². The standard InChI is InChI=1S/C33H47ClFN5O7/c34-24-18-36-32(37-19-24)40-7-5-33(6-8-40)16-22(17-33)2-1-13-47-25-4-3-23(26(35)15-25)14-29(44)39-11-9-38(10-12-39)20-27(42)30(45)31(46)28(43)21-41/h3-4,15,18-19,22,27-28,30-31,41-43,45-46H,1-2,5-14,16-17,20-21H2/t27-,28+,30+,31+/m0/s1. The molecular formula is C33H47ClFN5O7. The Morgan fingerprint density at radius 1 is 1.00 bits per heavy atom. The number of anilines is 1. The van der Waals surface area contributed by atoms with E-state index < -0.39 is 36.8 Å². The number of aromatic nitrogens is 2. The summed E-state index contributed by atoms with van der Waals surface area (Å²) in [4.78, 5) is 27.3. The number of carbonyl (C=O) groups is 1. The summed E-state index contributed by atoms with van der Waals surface area (Å²) in [6.07, 6.45) is 3.75. The normalized spacial score (nSPS) is 21.3. The number of ether oxygens (including phenoxy) is 1. The molecule has 2 saturated heterocycles. The van der Waals surface area contributed by atoms with Crippen molar-refractivity contribution in [3.8, 4) is 5.75 Å². The van der Waals surface area contributed by atoms with E-state index in [1.165, 1.54) is 18.9 Å². The first-order valence-corrected chi connectivity index (χ1v) is 16.9. The average Bonchev–Trinajstić information content (AvgIpc) is 3.06. The third-order valence-corrected chi connectivity index (χ3v) is 10.2. The number of aliphatic hydroxyl groups excluding tert-OH is 5. The monoisotopic (exact) mass is 679 g/mol. The van der Waals surface area contributed by atoms with Gasteiger partial charge in [0, 0.05) is 51.9 Å². The van der Waals surface area contributed by atoms with Crippen LogP contribution in [0.5, 0.6) is 5.75 Å². The van der Waals surface area contributed by atoms with Gasteiger partial charge in [0.15, 0.2) is 0 Å². The van der Waals surface area contributed by atoms with Crippen LogP contribution >= 0.6 is 11.6 Å². The summed E-state index contributed by atoms with van der Waals surface area (Å²) in [5.74, 6) is 1.20. The lowest BCUT2D eigenvalue weighted by Gasteiger charge is -2.52. The van der Waals surface area contributed by atoms with E-state index in [4.69, 9.17) is 21.4 Å². The summed E-state index contributed by atoms with van der Waals surface area (Å²) in [7, 11) is 0. The minimum atomic E-state index is -1.68. The number of aliphatic hydroxyl groups is 5. The Hall–Kier alpha value is -2.65. The number of amides is 1. The van der Waals surface area contributed by atoms with Crippen molar-refractivity contribution in [2.75, 3.05) is 63.9 Å². The van der Waals surface area contributed by atoms with Gasteiger partial charge in [-0.2, -0.15) is 0 Å². The third kappa shape index (κ3) is 9.28. The van der Waals surface area contributed by atoms with Crippen LogP contribution in [-0.4, -0.2) is 135 Å². The molecule has 5 N–H and O–H groups in total. The van der Waals surface area contributed by atoms with E-state index in [-0.39, 0.29) is 18.9 Å². The van der Waals surface area contributed by atoms with Crippen LogP contribution in [-0.2, 0) is 11.2 Å². The first-order valence-electron chi connectivity index (χ1n) is 16.5. The van der Waals surface area contributed by atoms with Crippen molar-refractivity contribution < 1.29 is 39.5 Å². The van der Waals surface area contributed by atoms with Crippen LogP contribution in [0.2, 0.25) is 5.02 Å². The highest BCUT2D eigenvalue weighted by atomic mass is 35.5. The molecule has 0 bridgehead atoms. The predicted molar refractivity (Wildman–Crippen MR) is 173 cm³/mol. The summed E-state index contributed by atoms with van der Waals surface area (Å²) in [5.41, 5.74) is 0.731. The van der Waals surface area contributed by atoms with Gasteiger partial charge in [0.05, 0.1) is 43.2 Å². The van der Waals surface area contributed by atoms with Crippen molar-refractivity contribution in [3.05, 3.63) is 47.0 Å². The average molecular weight is 680 g/mol. The van der Waals surface area contributed by atoms with E-state index in [1.807, 2.05) is 4.90 Å². The van der Waals surface area contributed by atoms with Crippen molar-refractivity contribution in [1.82, 2.24) is 19.8 Å². The molecule has 1 aromatic carbocycles. The summed E-state index contributed by atoms with van der Waals surface area (Å²) in [6, 6.07) is 4.64. The molecule has 5 rings (SSSR count). The minimum Gasteiger partial charge on any atom is -0.493 e. The second-order valence-corrected chi connectivity index (χ2v) is 13.8. The number of β-amino-alcohol motifs (C(OH)–C–C–N with tert-alkyl or cyclic N) is 1. The lowest BCUT2D eigenvalue weighted by atomic mass is 9.56. The maximum atomic E-state index is 14.9. The van der Waals surface area contributed by atoms with E-state index in [9.17, 15) is 29.6 Å². The summed E-state index contributed by atoms with van der Waals surface area (Å²) in [6.45, 7) is 3.30. The Bertz CT molecular complexity index is 1300. The minimum absolute atomic E-state index is 0.0246.